The molecule has 3 aromatic rings. The summed E-state index contributed by atoms with van der Waals surface area (Å²) in [5, 5.41) is 5.45. The van der Waals surface area contributed by atoms with Crippen molar-refractivity contribution in [1.82, 2.24) is 4.90 Å². The molecule has 1 saturated heterocycles. The smallest absolute Gasteiger partial charge is 0.264 e. The topological polar surface area (TPSA) is 52.7 Å². The minimum Gasteiger partial charge on any atom is -0.367 e. The van der Waals surface area contributed by atoms with Crippen molar-refractivity contribution >= 4 is 46.1 Å². The van der Waals surface area contributed by atoms with Gasteiger partial charge in [-0.1, -0.05) is 48.0 Å². The normalized spacial score (nSPS) is 13.8. The molecule has 7 heteroatoms. The Kier molecular flexibility index (Phi) is 6.89. The third-order valence-electron chi connectivity index (χ3n) is 5.35. The Morgan fingerprint density at radius 3 is 2.42 bits per heavy atom. The van der Waals surface area contributed by atoms with Crippen molar-refractivity contribution in [3.8, 4) is 0 Å². The average molecular weight is 454 g/mol. The molecule has 1 aliphatic heterocycles. The van der Waals surface area contributed by atoms with E-state index in [1.807, 2.05) is 64.9 Å². The van der Waals surface area contributed by atoms with Gasteiger partial charge in [-0.05, 0) is 41.6 Å². The van der Waals surface area contributed by atoms with Crippen molar-refractivity contribution < 1.29 is 9.59 Å². The first kappa shape index (κ1) is 21.4. The highest BCUT2D eigenvalue weighted by Crippen LogP contribution is 2.30. The fourth-order valence-corrected chi connectivity index (χ4v) is 4.66. The van der Waals surface area contributed by atoms with Crippen LogP contribution in [0.25, 0.3) is 0 Å². The summed E-state index contributed by atoms with van der Waals surface area (Å²) in [6.45, 7) is 2.76. The van der Waals surface area contributed by atoms with Crippen LogP contribution in [-0.4, -0.2) is 42.9 Å². The highest BCUT2D eigenvalue weighted by Gasteiger charge is 2.24. The van der Waals surface area contributed by atoms with Crippen LogP contribution in [0.1, 0.15) is 21.7 Å². The molecule has 0 radical (unpaired) electrons. The van der Waals surface area contributed by atoms with Crippen LogP contribution in [0.5, 0.6) is 0 Å². The van der Waals surface area contributed by atoms with Crippen molar-refractivity contribution in [1.29, 1.82) is 0 Å². The molecule has 5 nitrogen and oxygen atoms in total. The summed E-state index contributed by atoms with van der Waals surface area (Å²) in [4.78, 5) is 29.6. The summed E-state index contributed by atoms with van der Waals surface area (Å²) < 4.78 is 0. The van der Waals surface area contributed by atoms with E-state index in [1.54, 1.807) is 6.07 Å². The number of anilines is 2. The number of carbonyl (C=O) groups excluding carboxylic acids is 2. The van der Waals surface area contributed by atoms with Gasteiger partial charge >= 0.3 is 0 Å². The first-order valence-corrected chi connectivity index (χ1v) is 11.6. The summed E-state index contributed by atoms with van der Waals surface area (Å²) in [6.07, 6.45) is 1.12. The molecule has 0 saturated carbocycles. The zero-order valence-electron chi connectivity index (χ0n) is 17.1. The number of rotatable bonds is 6. The van der Waals surface area contributed by atoms with Crippen molar-refractivity contribution in [2.24, 2.45) is 0 Å². The molecule has 2 heterocycles. The highest BCUT2D eigenvalue weighted by molar-refractivity contribution is 7.12. The fraction of sp³-hybridized carbons (Fsp3) is 0.250. The molecule has 4 rings (SSSR count). The van der Waals surface area contributed by atoms with Gasteiger partial charge in [-0.15, -0.1) is 11.3 Å². The Bertz CT molecular complexity index is 1030. The van der Waals surface area contributed by atoms with Gasteiger partial charge in [0.1, 0.15) is 0 Å². The lowest BCUT2D eigenvalue weighted by Gasteiger charge is -2.36. The van der Waals surface area contributed by atoms with Crippen molar-refractivity contribution in [3.05, 3.63) is 81.5 Å². The third kappa shape index (κ3) is 5.46. The number of hydrogen-bond donors (Lipinski definition) is 1. The monoisotopic (exact) mass is 453 g/mol. The largest absolute Gasteiger partial charge is 0.367 e. The van der Waals surface area contributed by atoms with Crippen LogP contribution in [0.4, 0.5) is 11.4 Å². The van der Waals surface area contributed by atoms with Gasteiger partial charge in [0.05, 0.1) is 15.6 Å². The fourth-order valence-electron chi connectivity index (χ4n) is 3.67. The SMILES string of the molecule is O=C(CCc1ccccc1)Nc1ccc(N2CCN(C(=O)c3cccs3)CC2)c(Cl)c1. The van der Waals surface area contributed by atoms with E-state index < -0.39 is 0 Å². The Balaban J connectivity index is 1.30. The molecule has 160 valence electrons. The molecule has 0 spiro atoms. The molecule has 0 unspecified atom stereocenters. The standard InChI is InChI=1S/C24H24ClN3O2S/c25-20-17-19(26-23(29)11-8-18-5-2-1-3-6-18)9-10-21(20)27-12-14-28(15-13-27)24(30)22-7-4-16-31-22/h1-7,9-10,16-17H,8,11-15H2,(H,26,29). The van der Waals surface area contributed by atoms with E-state index >= 15 is 0 Å². The second kappa shape index (κ2) is 9.98. The number of benzene rings is 2. The lowest BCUT2D eigenvalue weighted by atomic mass is 10.1. The van der Waals surface area contributed by atoms with E-state index in [9.17, 15) is 9.59 Å². The molecular weight excluding hydrogens is 430 g/mol. The van der Waals surface area contributed by atoms with Gasteiger partial charge in [0.25, 0.3) is 5.91 Å². The molecule has 1 N–H and O–H groups in total. The molecule has 2 amide bonds. The predicted octanol–water partition coefficient (Wildman–Crippen LogP) is 4.94. The molecule has 0 bridgehead atoms. The van der Waals surface area contributed by atoms with E-state index in [0.717, 1.165) is 29.2 Å². The third-order valence-corrected chi connectivity index (χ3v) is 6.52. The van der Waals surface area contributed by atoms with Crippen molar-refractivity contribution in [3.63, 3.8) is 0 Å². The van der Waals surface area contributed by atoms with E-state index in [-0.39, 0.29) is 11.8 Å². The van der Waals surface area contributed by atoms with Gasteiger partial charge in [0.15, 0.2) is 0 Å². The molecule has 1 aliphatic rings. The Hall–Kier alpha value is -2.83. The number of nitrogens with zero attached hydrogens (tertiary/aromatic N) is 2. The first-order chi connectivity index (χ1) is 15.1. The minimum atomic E-state index is -0.0339. The number of thiophene rings is 1. The van der Waals surface area contributed by atoms with Crippen LogP contribution in [-0.2, 0) is 11.2 Å². The van der Waals surface area contributed by atoms with Crippen LogP contribution in [0, 0.1) is 0 Å². The van der Waals surface area contributed by atoms with Gasteiger partial charge in [0.2, 0.25) is 5.91 Å². The summed E-state index contributed by atoms with van der Waals surface area (Å²) in [7, 11) is 0. The number of carbonyl (C=O) groups is 2. The van der Waals surface area contributed by atoms with Gasteiger partial charge in [-0.2, -0.15) is 0 Å². The lowest BCUT2D eigenvalue weighted by molar-refractivity contribution is -0.116. The van der Waals surface area contributed by atoms with Crippen LogP contribution in [0.15, 0.2) is 66.0 Å². The molecule has 0 atom stereocenters. The van der Waals surface area contributed by atoms with Crippen LogP contribution < -0.4 is 10.2 Å². The van der Waals surface area contributed by atoms with Crippen LogP contribution in [0.3, 0.4) is 0 Å². The lowest BCUT2D eigenvalue weighted by Crippen LogP contribution is -2.48. The number of amides is 2. The second-order valence-electron chi connectivity index (χ2n) is 7.46. The van der Waals surface area contributed by atoms with E-state index in [1.165, 1.54) is 11.3 Å². The average Bonchev–Trinajstić information content (AvgIpc) is 3.33. The Morgan fingerprint density at radius 2 is 1.74 bits per heavy atom. The van der Waals surface area contributed by atoms with Crippen LogP contribution >= 0.6 is 22.9 Å². The van der Waals surface area contributed by atoms with Gasteiger partial charge in [-0.3, -0.25) is 9.59 Å². The maximum absolute atomic E-state index is 12.5. The molecule has 1 aromatic heterocycles. The second-order valence-corrected chi connectivity index (χ2v) is 8.81. The quantitative estimate of drug-likeness (QED) is 0.575. The predicted molar refractivity (Wildman–Crippen MR) is 127 cm³/mol. The minimum absolute atomic E-state index is 0.0339. The maximum atomic E-state index is 12.5. The Labute approximate surface area is 191 Å². The number of halogens is 1. The van der Waals surface area contributed by atoms with E-state index in [4.69, 9.17) is 11.6 Å². The summed E-state index contributed by atoms with van der Waals surface area (Å²) in [6, 6.07) is 19.3. The molecule has 1 fully saturated rings. The summed E-state index contributed by atoms with van der Waals surface area (Å²) in [5.74, 6) is 0.0580. The van der Waals surface area contributed by atoms with Crippen LogP contribution in [0.2, 0.25) is 5.02 Å². The molecular formula is C24H24ClN3O2S. The van der Waals surface area contributed by atoms with Crippen molar-refractivity contribution in [2.75, 3.05) is 36.4 Å². The number of aryl methyl sites for hydroxylation is 1. The highest BCUT2D eigenvalue weighted by atomic mass is 35.5. The molecule has 0 aliphatic carbocycles. The number of nitrogens with one attached hydrogen (secondary N) is 1. The molecule has 2 aromatic carbocycles. The summed E-state index contributed by atoms with van der Waals surface area (Å²) >= 11 is 8.00. The Morgan fingerprint density at radius 1 is 0.968 bits per heavy atom. The first-order valence-electron chi connectivity index (χ1n) is 10.3. The number of piperazine rings is 1. The van der Waals surface area contributed by atoms with E-state index in [0.29, 0.717) is 36.6 Å². The van der Waals surface area contributed by atoms with Gasteiger partial charge in [-0.25, -0.2) is 0 Å². The van der Waals surface area contributed by atoms with E-state index in [2.05, 4.69) is 10.2 Å². The summed E-state index contributed by atoms with van der Waals surface area (Å²) in [5.41, 5.74) is 2.76. The van der Waals surface area contributed by atoms with Gasteiger partial charge < -0.3 is 15.1 Å². The van der Waals surface area contributed by atoms with Gasteiger partial charge in [0, 0.05) is 38.3 Å². The zero-order chi connectivity index (χ0) is 21.6. The zero-order valence-corrected chi connectivity index (χ0v) is 18.7. The number of hydrogen-bond acceptors (Lipinski definition) is 4. The maximum Gasteiger partial charge on any atom is 0.264 e. The molecule has 31 heavy (non-hydrogen) atoms. The van der Waals surface area contributed by atoms with Crippen molar-refractivity contribution in [2.45, 2.75) is 12.8 Å².